The minimum Gasteiger partial charge on any atom is -0.243 e. The van der Waals surface area contributed by atoms with E-state index in [2.05, 4.69) is 20.0 Å². The third kappa shape index (κ3) is 1.50. The van der Waals surface area contributed by atoms with Crippen molar-refractivity contribution in [1.29, 1.82) is 0 Å². The van der Waals surface area contributed by atoms with Crippen LogP contribution in [0.1, 0.15) is 5.56 Å². The molecule has 0 radical (unpaired) electrons. The fourth-order valence-electron chi connectivity index (χ4n) is 1.61. The fraction of sp³-hybridized carbons (Fsp3) is 0.100. The third-order valence-electron chi connectivity index (χ3n) is 2.46. The molecule has 0 amide bonds. The van der Waals surface area contributed by atoms with Gasteiger partial charge in [-0.2, -0.15) is 17.6 Å². The Hall–Kier alpha value is -2.22. The van der Waals surface area contributed by atoms with Crippen LogP contribution >= 0.6 is 0 Å². The first-order valence-electron chi connectivity index (χ1n) is 5.07. The van der Waals surface area contributed by atoms with Crippen LogP contribution in [0, 0.1) is 6.92 Å². The molecular formula is C10H8N4O3S. The van der Waals surface area contributed by atoms with Gasteiger partial charge in [0.15, 0.2) is 5.52 Å². The Morgan fingerprint density at radius 3 is 2.83 bits per heavy atom. The van der Waals surface area contributed by atoms with E-state index in [0.717, 1.165) is 9.65 Å². The molecule has 0 aliphatic carbocycles. The molecule has 3 aromatic rings. The molecule has 8 heteroatoms. The Bertz CT molecular complexity index is 818. The van der Waals surface area contributed by atoms with E-state index in [-0.39, 0.29) is 10.4 Å². The summed E-state index contributed by atoms with van der Waals surface area (Å²) in [5.41, 5.74) is 1.34. The van der Waals surface area contributed by atoms with Crippen LogP contribution in [0.3, 0.4) is 0 Å². The number of hydrogen-bond donors (Lipinski definition) is 0. The molecule has 2 aromatic heterocycles. The second-order valence-electron chi connectivity index (χ2n) is 3.78. The van der Waals surface area contributed by atoms with Crippen LogP contribution < -0.4 is 0 Å². The van der Waals surface area contributed by atoms with E-state index < -0.39 is 10.0 Å². The van der Waals surface area contributed by atoms with Gasteiger partial charge in [0.05, 0.1) is 6.20 Å². The summed E-state index contributed by atoms with van der Waals surface area (Å²) in [6.45, 7) is 1.76. The second kappa shape index (κ2) is 3.64. The lowest BCUT2D eigenvalue weighted by Crippen LogP contribution is -2.13. The quantitative estimate of drug-likeness (QED) is 0.684. The van der Waals surface area contributed by atoms with E-state index in [4.69, 9.17) is 0 Å². The van der Waals surface area contributed by atoms with Gasteiger partial charge < -0.3 is 0 Å². The van der Waals surface area contributed by atoms with Crippen LogP contribution in [0.25, 0.3) is 11.0 Å². The van der Waals surface area contributed by atoms with E-state index >= 15 is 0 Å². The van der Waals surface area contributed by atoms with Crippen LogP contribution in [0.15, 0.2) is 40.1 Å². The third-order valence-corrected chi connectivity index (χ3v) is 4.04. The summed E-state index contributed by atoms with van der Waals surface area (Å²) < 4.78 is 30.2. The molecule has 7 nitrogen and oxygen atoms in total. The number of hydrogen-bond acceptors (Lipinski definition) is 6. The topological polar surface area (TPSA) is 90.9 Å². The maximum absolute atomic E-state index is 12.4. The number of fused-ring (bicyclic) bond motifs is 1. The van der Waals surface area contributed by atoms with Crippen LogP contribution in [0.4, 0.5) is 0 Å². The summed E-state index contributed by atoms with van der Waals surface area (Å²) in [5, 5.41) is 11.0. The molecule has 0 bridgehead atoms. The summed E-state index contributed by atoms with van der Waals surface area (Å²) in [6, 6.07) is 4.65. The van der Waals surface area contributed by atoms with Gasteiger partial charge in [0, 0.05) is 6.20 Å². The predicted molar refractivity (Wildman–Crippen MR) is 61.4 cm³/mol. The fourth-order valence-corrected chi connectivity index (χ4v) is 2.93. The molecule has 92 valence electrons. The Balaban J connectivity index is 2.29. The summed E-state index contributed by atoms with van der Waals surface area (Å²) in [5.74, 6) is 0. The van der Waals surface area contributed by atoms with Gasteiger partial charge in [0.2, 0.25) is 0 Å². The first-order chi connectivity index (χ1) is 8.59. The summed E-state index contributed by atoms with van der Waals surface area (Å²) in [4.78, 5) is 0.0179. The van der Waals surface area contributed by atoms with Crippen molar-refractivity contribution >= 4 is 21.1 Å². The van der Waals surface area contributed by atoms with Gasteiger partial charge in [-0.3, -0.25) is 0 Å². The van der Waals surface area contributed by atoms with E-state index in [0.29, 0.717) is 5.52 Å². The van der Waals surface area contributed by atoms with Crippen molar-refractivity contribution in [2.75, 3.05) is 0 Å². The molecule has 0 saturated carbocycles. The lowest BCUT2D eigenvalue weighted by atomic mass is 10.3. The molecule has 0 N–H and O–H groups in total. The zero-order chi connectivity index (χ0) is 12.8. The van der Waals surface area contributed by atoms with Gasteiger partial charge in [-0.05, 0) is 34.9 Å². The monoisotopic (exact) mass is 264 g/mol. The van der Waals surface area contributed by atoms with Crippen molar-refractivity contribution in [2.24, 2.45) is 0 Å². The summed E-state index contributed by atoms with van der Waals surface area (Å²) in [6.07, 6.45) is 2.90. The highest BCUT2D eigenvalue weighted by atomic mass is 32.2. The largest absolute Gasteiger partial charge is 0.285 e. The number of nitrogens with zero attached hydrogens (tertiary/aromatic N) is 4. The number of benzene rings is 1. The Morgan fingerprint density at radius 2 is 2.11 bits per heavy atom. The molecule has 1 aromatic carbocycles. The first-order valence-corrected chi connectivity index (χ1v) is 6.51. The van der Waals surface area contributed by atoms with Crippen LogP contribution in [0.5, 0.6) is 0 Å². The summed E-state index contributed by atoms with van der Waals surface area (Å²) >= 11 is 0. The smallest absolute Gasteiger partial charge is 0.243 e. The Kier molecular flexibility index (Phi) is 2.20. The standard InChI is InChI=1S/C10H8N4O3S/c1-7-5-11-14(6-7)18(15,16)9-4-2-3-8-10(9)13-17-12-8/h2-6H,1H3. The first kappa shape index (κ1) is 10.9. The normalized spacial score (nSPS) is 12.1. The highest BCUT2D eigenvalue weighted by Crippen LogP contribution is 2.21. The van der Waals surface area contributed by atoms with Crippen molar-refractivity contribution in [3.05, 3.63) is 36.2 Å². The van der Waals surface area contributed by atoms with Crippen molar-refractivity contribution in [1.82, 2.24) is 19.5 Å². The van der Waals surface area contributed by atoms with Gasteiger partial charge in [-0.1, -0.05) is 6.07 Å². The molecule has 0 unspecified atom stereocenters. The van der Waals surface area contributed by atoms with E-state index in [1.807, 2.05) is 0 Å². The minimum atomic E-state index is -3.77. The predicted octanol–water partition coefficient (Wildman–Crippen LogP) is 0.965. The Morgan fingerprint density at radius 1 is 1.28 bits per heavy atom. The molecule has 0 spiro atoms. The average molecular weight is 264 g/mol. The minimum absolute atomic E-state index is 0.0179. The molecule has 0 aliphatic rings. The average Bonchev–Trinajstić information content (AvgIpc) is 2.96. The molecule has 0 aliphatic heterocycles. The van der Waals surface area contributed by atoms with Gasteiger partial charge in [-0.15, -0.1) is 0 Å². The van der Waals surface area contributed by atoms with Crippen LogP contribution in [0.2, 0.25) is 0 Å². The second-order valence-corrected chi connectivity index (χ2v) is 5.55. The van der Waals surface area contributed by atoms with Gasteiger partial charge >= 0.3 is 0 Å². The molecule has 0 fully saturated rings. The molecule has 2 heterocycles. The van der Waals surface area contributed by atoms with Crippen molar-refractivity contribution in [2.45, 2.75) is 11.8 Å². The van der Waals surface area contributed by atoms with E-state index in [1.165, 1.54) is 18.5 Å². The maximum atomic E-state index is 12.4. The van der Waals surface area contributed by atoms with Crippen LogP contribution in [-0.2, 0) is 10.0 Å². The van der Waals surface area contributed by atoms with E-state index in [1.54, 1.807) is 19.1 Å². The summed E-state index contributed by atoms with van der Waals surface area (Å²) in [7, 11) is -3.77. The van der Waals surface area contributed by atoms with Gasteiger partial charge in [0.25, 0.3) is 10.0 Å². The van der Waals surface area contributed by atoms with Crippen molar-refractivity contribution in [3.63, 3.8) is 0 Å². The number of aryl methyl sites for hydroxylation is 1. The molecule has 18 heavy (non-hydrogen) atoms. The van der Waals surface area contributed by atoms with Crippen molar-refractivity contribution < 1.29 is 13.0 Å². The molecule has 0 atom stereocenters. The molecule has 3 rings (SSSR count). The van der Waals surface area contributed by atoms with Crippen molar-refractivity contribution in [3.8, 4) is 0 Å². The van der Waals surface area contributed by atoms with Crippen LogP contribution in [-0.4, -0.2) is 27.9 Å². The highest BCUT2D eigenvalue weighted by molar-refractivity contribution is 7.90. The zero-order valence-electron chi connectivity index (χ0n) is 9.31. The molecular weight excluding hydrogens is 256 g/mol. The zero-order valence-corrected chi connectivity index (χ0v) is 10.1. The lowest BCUT2D eigenvalue weighted by molar-refractivity contribution is 0.315. The highest BCUT2D eigenvalue weighted by Gasteiger charge is 2.22. The van der Waals surface area contributed by atoms with E-state index in [9.17, 15) is 8.42 Å². The lowest BCUT2D eigenvalue weighted by Gasteiger charge is -2.03. The SMILES string of the molecule is Cc1cnn(S(=O)(=O)c2cccc3nonc23)c1. The molecule has 0 saturated heterocycles. The number of aromatic nitrogens is 4. The van der Waals surface area contributed by atoms with Gasteiger partial charge in [0.1, 0.15) is 10.4 Å². The van der Waals surface area contributed by atoms with Gasteiger partial charge in [-0.25, -0.2) is 4.63 Å². The maximum Gasteiger partial charge on any atom is 0.285 e. The Labute approximate surface area is 102 Å². The number of rotatable bonds is 2.